The molecule has 0 unspecified atom stereocenters. The van der Waals surface area contributed by atoms with Gasteiger partial charge in [-0.1, -0.05) is 71.9 Å². The summed E-state index contributed by atoms with van der Waals surface area (Å²) >= 11 is 0. The molecule has 2 aromatic rings. The lowest BCUT2D eigenvalue weighted by atomic mass is 9.83. The van der Waals surface area contributed by atoms with E-state index in [2.05, 4.69) is 127 Å². The maximum Gasteiger partial charge on any atom is 0.133 e. The van der Waals surface area contributed by atoms with Crippen LogP contribution in [-0.4, -0.2) is 19.6 Å². The number of allylic oxidation sites excluding steroid dienone is 1. The van der Waals surface area contributed by atoms with E-state index in [9.17, 15) is 0 Å². The van der Waals surface area contributed by atoms with E-state index < -0.39 is 0 Å². The van der Waals surface area contributed by atoms with Crippen molar-refractivity contribution in [3.05, 3.63) is 65.1 Å². The Labute approximate surface area is 195 Å². The summed E-state index contributed by atoms with van der Waals surface area (Å²) in [6, 6.07) is 15.7. The van der Waals surface area contributed by atoms with Crippen molar-refractivity contribution >= 4 is 17.1 Å². The summed E-state index contributed by atoms with van der Waals surface area (Å²) in [6.45, 7) is 19.0. The molecular formula is C29H41N3. The summed E-state index contributed by atoms with van der Waals surface area (Å²) in [6.07, 6.45) is 1.11. The van der Waals surface area contributed by atoms with E-state index in [1.807, 2.05) is 0 Å². The van der Waals surface area contributed by atoms with Crippen LogP contribution in [0.3, 0.4) is 0 Å². The number of hydrogen-bond acceptors (Lipinski definition) is 3. The van der Waals surface area contributed by atoms with Gasteiger partial charge in [-0.15, -0.1) is 0 Å². The number of anilines is 3. The summed E-state index contributed by atoms with van der Waals surface area (Å²) in [5, 5.41) is 0. The molecule has 3 nitrogen and oxygen atoms in total. The molecule has 0 amide bonds. The van der Waals surface area contributed by atoms with Crippen LogP contribution < -0.4 is 14.7 Å². The van der Waals surface area contributed by atoms with Gasteiger partial charge in [-0.2, -0.15) is 0 Å². The SMILES string of the molecule is CC(C)c1cccc(C(C)C)c1N1C(=C2N(C)c3ccccc3N2C)C(C)(C)CC1(C)C. The highest BCUT2D eigenvalue weighted by atomic mass is 15.4. The molecule has 0 aromatic heterocycles. The molecule has 0 aliphatic carbocycles. The number of fused-ring (bicyclic) bond motifs is 1. The van der Waals surface area contributed by atoms with E-state index in [0.29, 0.717) is 11.8 Å². The van der Waals surface area contributed by atoms with Crippen molar-refractivity contribution in [2.45, 2.75) is 79.2 Å². The van der Waals surface area contributed by atoms with Gasteiger partial charge in [-0.3, -0.25) is 0 Å². The fraction of sp³-hybridized carbons (Fsp3) is 0.517. The van der Waals surface area contributed by atoms with Gasteiger partial charge >= 0.3 is 0 Å². The molecule has 0 N–H and O–H groups in total. The fourth-order valence-corrected chi connectivity index (χ4v) is 6.24. The normalized spacial score (nSPS) is 19.6. The summed E-state index contributed by atoms with van der Waals surface area (Å²) in [7, 11) is 4.45. The van der Waals surface area contributed by atoms with Gasteiger partial charge in [-0.05, 0) is 55.4 Å². The summed E-state index contributed by atoms with van der Waals surface area (Å²) < 4.78 is 0. The molecule has 32 heavy (non-hydrogen) atoms. The van der Waals surface area contributed by atoms with E-state index in [4.69, 9.17) is 0 Å². The molecule has 2 heterocycles. The third-order valence-electron chi connectivity index (χ3n) is 7.36. The minimum absolute atomic E-state index is 0.0108. The minimum atomic E-state index is 0.0108. The van der Waals surface area contributed by atoms with E-state index >= 15 is 0 Å². The van der Waals surface area contributed by atoms with Gasteiger partial charge in [0, 0.05) is 30.7 Å². The Morgan fingerprint density at radius 1 is 0.719 bits per heavy atom. The van der Waals surface area contributed by atoms with Crippen LogP contribution in [0.1, 0.15) is 84.8 Å². The van der Waals surface area contributed by atoms with Crippen molar-refractivity contribution in [1.29, 1.82) is 0 Å². The second-order valence-corrected chi connectivity index (χ2v) is 11.6. The maximum atomic E-state index is 2.71. The van der Waals surface area contributed by atoms with Crippen LogP contribution >= 0.6 is 0 Å². The van der Waals surface area contributed by atoms with Crippen molar-refractivity contribution < 1.29 is 0 Å². The molecule has 172 valence electrons. The first-order chi connectivity index (χ1) is 14.9. The Hall–Kier alpha value is -2.42. The molecule has 0 spiro atoms. The van der Waals surface area contributed by atoms with Crippen LogP contribution in [-0.2, 0) is 0 Å². The first kappa shape index (κ1) is 22.8. The fourth-order valence-electron chi connectivity index (χ4n) is 6.24. The van der Waals surface area contributed by atoms with Gasteiger partial charge in [0.15, 0.2) is 0 Å². The molecule has 0 saturated carbocycles. The predicted molar refractivity (Wildman–Crippen MR) is 140 cm³/mol. The van der Waals surface area contributed by atoms with Crippen LogP contribution in [0.15, 0.2) is 54.0 Å². The van der Waals surface area contributed by atoms with Gasteiger partial charge < -0.3 is 14.7 Å². The van der Waals surface area contributed by atoms with E-state index in [0.717, 1.165) is 6.42 Å². The molecule has 2 aliphatic heterocycles. The van der Waals surface area contributed by atoms with E-state index in [1.165, 1.54) is 39.7 Å². The lowest BCUT2D eigenvalue weighted by Crippen LogP contribution is -2.41. The van der Waals surface area contributed by atoms with Crippen molar-refractivity contribution in [3.8, 4) is 0 Å². The number of hydrogen-bond donors (Lipinski definition) is 0. The summed E-state index contributed by atoms with van der Waals surface area (Å²) in [4.78, 5) is 7.51. The van der Waals surface area contributed by atoms with Crippen molar-refractivity contribution in [2.24, 2.45) is 5.41 Å². The molecular weight excluding hydrogens is 390 g/mol. The largest absolute Gasteiger partial charge is 0.335 e. The second-order valence-electron chi connectivity index (χ2n) is 11.6. The standard InChI is InChI=1S/C29H41N3/c1-19(2)21-14-13-15-22(20(3)4)25(21)32-26(28(5,6)18-29(32,7)8)27-30(9)23-16-11-12-17-24(23)31(27)10/h11-17,19-20H,18H2,1-10H3. The lowest BCUT2D eigenvalue weighted by molar-refractivity contribution is 0.389. The predicted octanol–water partition coefficient (Wildman–Crippen LogP) is 7.70. The third-order valence-corrected chi connectivity index (χ3v) is 7.36. The van der Waals surface area contributed by atoms with E-state index in [-0.39, 0.29) is 11.0 Å². The van der Waals surface area contributed by atoms with Crippen molar-refractivity contribution in [2.75, 3.05) is 28.8 Å². The Kier molecular flexibility index (Phi) is 5.39. The summed E-state index contributed by atoms with van der Waals surface area (Å²) in [5.41, 5.74) is 8.35. The Balaban J connectivity index is 2.06. The molecule has 0 radical (unpaired) electrons. The van der Waals surface area contributed by atoms with Gasteiger partial charge in [-0.25, -0.2) is 0 Å². The Morgan fingerprint density at radius 2 is 1.19 bits per heavy atom. The number of para-hydroxylation sites is 3. The number of rotatable bonds is 3. The molecule has 0 bridgehead atoms. The first-order valence-electron chi connectivity index (χ1n) is 12.1. The quantitative estimate of drug-likeness (QED) is 0.493. The first-order valence-corrected chi connectivity index (χ1v) is 12.1. The Morgan fingerprint density at radius 3 is 1.62 bits per heavy atom. The second kappa shape index (κ2) is 7.57. The monoisotopic (exact) mass is 431 g/mol. The van der Waals surface area contributed by atoms with Gasteiger partial charge in [0.05, 0.1) is 17.1 Å². The molecule has 2 aromatic carbocycles. The number of benzene rings is 2. The average molecular weight is 432 g/mol. The van der Waals surface area contributed by atoms with Crippen LogP contribution in [0.2, 0.25) is 0 Å². The molecule has 3 heteroatoms. The van der Waals surface area contributed by atoms with Crippen molar-refractivity contribution in [1.82, 2.24) is 0 Å². The minimum Gasteiger partial charge on any atom is -0.335 e. The zero-order chi connectivity index (χ0) is 23.6. The number of nitrogens with zero attached hydrogens (tertiary/aromatic N) is 3. The van der Waals surface area contributed by atoms with Crippen LogP contribution in [0.5, 0.6) is 0 Å². The zero-order valence-corrected chi connectivity index (χ0v) is 21.7. The zero-order valence-electron chi connectivity index (χ0n) is 21.7. The van der Waals surface area contributed by atoms with Gasteiger partial charge in [0.2, 0.25) is 0 Å². The van der Waals surface area contributed by atoms with Gasteiger partial charge in [0.25, 0.3) is 0 Å². The highest BCUT2D eigenvalue weighted by Crippen LogP contribution is 2.57. The Bertz CT molecular complexity index is 1000. The molecule has 2 aliphatic rings. The van der Waals surface area contributed by atoms with Crippen LogP contribution in [0.4, 0.5) is 17.1 Å². The highest BCUT2D eigenvalue weighted by Gasteiger charge is 2.52. The molecule has 1 saturated heterocycles. The van der Waals surface area contributed by atoms with E-state index in [1.54, 1.807) is 0 Å². The van der Waals surface area contributed by atoms with Crippen LogP contribution in [0.25, 0.3) is 0 Å². The highest BCUT2D eigenvalue weighted by molar-refractivity contribution is 5.84. The smallest absolute Gasteiger partial charge is 0.133 e. The molecule has 0 atom stereocenters. The van der Waals surface area contributed by atoms with Crippen LogP contribution in [0, 0.1) is 5.41 Å². The lowest BCUT2D eigenvalue weighted by Gasteiger charge is -2.40. The third kappa shape index (κ3) is 3.32. The van der Waals surface area contributed by atoms with Crippen molar-refractivity contribution in [3.63, 3.8) is 0 Å². The maximum absolute atomic E-state index is 2.71. The molecule has 4 rings (SSSR count). The molecule has 1 fully saturated rings. The average Bonchev–Trinajstić information content (AvgIpc) is 3.05. The topological polar surface area (TPSA) is 9.72 Å². The van der Waals surface area contributed by atoms with Gasteiger partial charge in [0.1, 0.15) is 5.82 Å². The summed E-state index contributed by atoms with van der Waals surface area (Å²) in [5.74, 6) is 2.23.